The lowest BCUT2D eigenvalue weighted by Gasteiger charge is -1.96. The van der Waals surface area contributed by atoms with Crippen molar-refractivity contribution in [3.8, 4) is 10.4 Å². The third-order valence-corrected chi connectivity index (χ3v) is 3.73. The van der Waals surface area contributed by atoms with E-state index >= 15 is 0 Å². The highest BCUT2D eigenvalue weighted by Crippen LogP contribution is 2.34. The minimum atomic E-state index is -0.187. The maximum atomic E-state index is 13.6. The standard InChI is InChI=1S/C13H9FN2S/c14-10-2-1-3-11-9(10)6-12(17-11)8-4-5-13(15)16-7-8/h1-7H,(H2,15,16). The Kier molecular flexibility index (Phi) is 2.30. The van der Waals surface area contributed by atoms with Gasteiger partial charge in [0.2, 0.25) is 0 Å². The second-order valence-electron chi connectivity index (χ2n) is 3.73. The molecule has 0 aliphatic heterocycles. The zero-order chi connectivity index (χ0) is 11.8. The van der Waals surface area contributed by atoms with Gasteiger partial charge >= 0.3 is 0 Å². The first kappa shape index (κ1) is 10.2. The number of nitrogen functional groups attached to an aromatic ring is 1. The lowest BCUT2D eigenvalue weighted by molar-refractivity contribution is 0.640. The minimum absolute atomic E-state index is 0.187. The lowest BCUT2D eigenvalue weighted by atomic mass is 10.2. The van der Waals surface area contributed by atoms with Gasteiger partial charge in [0.25, 0.3) is 0 Å². The van der Waals surface area contributed by atoms with Crippen molar-refractivity contribution in [1.82, 2.24) is 4.98 Å². The molecule has 3 aromatic rings. The third-order valence-electron chi connectivity index (χ3n) is 2.58. The molecule has 0 aliphatic carbocycles. The molecule has 2 nitrogen and oxygen atoms in total. The first-order valence-corrected chi connectivity index (χ1v) is 5.95. The molecule has 2 aromatic heterocycles. The Morgan fingerprint density at radius 3 is 2.76 bits per heavy atom. The summed E-state index contributed by atoms with van der Waals surface area (Å²) in [5, 5.41) is 0.657. The van der Waals surface area contributed by atoms with Crippen LogP contribution in [0.25, 0.3) is 20.5 Å². The number of anilines is 1. The van der Waals surface area contributed by atoms with E-state index in [0.29, 0.717) is 11.2 Å². The quantitative estimate of drug-likeness (QED) is 0.709. The normalized spacial score (nSPS) is 10.9. The highest BCUT2D eigenvalue weighted by Gasteiger charge is 2.07. The molecule has 0 aliphatic rings. The van der Waals surface area contributed by atoms with Gasteiger partial charge in [-0.15, -0.1) is 11.3 Å². The Bertz CT molecular complexity index is 673. The Morgan fingerprint density at radius 2 is 2.06 bits per heavy atom. The molecule has 4 heteroatoms. The summed E-state index contributed by atoms with van der Waals surface area (Å²) >= 11 is 1.55. The number of hydrogen-bond acceptors (Lipinski definition) is 3. The molecular formula is C13H9FN2S. The average molecular weight is 244 g/mol. The van der Waals surface area contributed by atoms with Gasteiger partial charge in [0.15, 0.2) is 0 Å². The number of aromatic nitrogens is 1. The van der Waals surface area contributed by atoms with E-state index < -0.39 is 0 Å². The van der Waals surface area contributed by atoms with Gasteiger partial charge in [-0.2, -0.15) is 0 Å². The van der Waals surface area contributed by atoms with E-state index in [2.05, 4.69) is 4.98 Å². The molecule has 2 heterocycles. The smallest absolute Gasteiger partial charge is 0.131 e. The fraction of sp³-hybridized carbons (Fsp3) is 0. The summed E-state index contributed by atoms with van der Waals surface area (Å²) in [6.07, 6.45) is 1.71. The number of rotatable bonds is 1. The van der Waals surface area contributed by atoms with Crippen LogP contribution in [0, 0.1) is 5.82 Å². The first-order valence-electron chi connectivity index (χ1n) is 5.14. The largest absolute Gasteiger partial charge is 0.384 e. The van der Waals surface area contributed by atoms with Crippen molar-refractivity contribution in [2.45, 2.75) is 0 Å². The first-order chi connectivity index (χ1) is 8.24. The predicted octanol–water partition coefficient (Wildman–Crippen LogP) is 3.68. The summed E-state index contributed by atoms with van der Waals surface area (Å²) in [6.45, 7) is 0. The van der Waals surface area contributed by atoms with Crippen LogP contribution in [0.3, 0.4) is 0 Å². The van der Waals surface area contributed by atoms with Crippen LogP contribution < -0.4 is 5.73 Å². The molecule has 0 atom stereocenters. The van der Waals surface area contributed by atoms with Gasteiger partial charge in [0, 0.05) is 26.7 Å². The maximum absolute atomic E-state index is 13.6. The van der Waals surface area contributed by atoms with Crippen LogP contribution >= 0.6 is 11.3 Å². The van der Waals surface area contributed by atoms with Gasteiger partial charge in [-0.25, -0.2) is 9.37 Å². The zero-order valence-electron chi connectivity index (χ0n) is 8.85. The molecule has 1 aromatic carbocycles. The molecule has 0 amide bonds. The summed E-state index contributed by atoms with van der Waals surface area (Å²) in [5.74, 6) is 0.300. The number of halogens is 1. The zero-order valence-corrected chi connectivity index (χ0v) is 9.67. The minimum Gasteiger partial charge on any atom is -0.384 e. The second kappa shape index (κ2) is 3.82. The van der Waals surface area contributed by atoms with Gasteiger partial charge in [-0.3, -0.25) is 0 Å². The summed E-state index contributed by atoms with van der Waals surface area (Å²) in [5.41, 5.74) is 6.49. The number of nitrogens with zero attached hydrogens (tertiary/aromatic N) is 1. The van der Waals surface area contributed by atoms with E-state index in [-0.39, 0.29) is 5.82 Å². The van der Waals surface area contributed by atoms with Gasteiger partial charge in [0.1, 0.15) is 11.6 Å². The number of benzene rings is 1. The van der Waals surface area contributed by atoms with E-state index in [9.17, 15) is 4.39 Å². The highest BCUT2D eigenvalue weighted by atomic mass is 32.1. The van der Waals surface area contributed by atoms with Crippen molar-refractivity contribution in [2.24, 2.45) is 0 Å². The molecule has 0 saturated heterocycles. The average Bonchev–Trinajstić information content (AvgIpc) is 2.75. The molecule has 0 spiro atoms. The molecule has 0 bridgehead atoms. The van der Waals surface area contributed by atoms with Crippen molar-refractivity contribution in [2.75, 3.05) is 5.73 Å². The van der Waals surface area contributed by atoms with E-state index in [1.54, 1.807) is 29.7 Å². The van der Waals surface area contributed by atoms with Crippen LogP contribution in [0.2, 0.25) is 0 Å². The van der Waals surface area contributed by atoms with Gasteiger partial charge < -0.3 is 5.73 Å². The van der Waals surface area contributed by atoms with Gasteiger partial charge in [-0.05, 0) is 30.3 Å². The van der Waals surface area contributed by atoms with Crippen molar-refractivity contribution >= 4 is 27.2 Å². The van der Waals surface area contributed by atoms with E-state index in [1.165, 1.54) is 6.07 Å². The lowest BCUT2D eigenvalue weighted by Crippen LogP contribution is -1.87. The van der Waals surface area contributed by atoms with Crippen molar-refractivity contribution in [1.29, 1.82) is 0 Å². The third kappa shape index (κ3) is 1.76. The summed E-state index contributed by atoms with van der Waals surface area (Å²) in [4.78, 5) is 5.04. The maximum Gasteiger partial charge on any atom is 0.131 e. The summed E-state index contributed by atoms with van der Waals surface area (Å²) in [6, 6.07) is 10.6. The van der Waals surface area contributed by atoms with E-state index in [0.717, 1.165) is 15.1 Å². The Labute approximate surface area is 102 Å². The van der Waals surface area contributed by atoms with Gasteiger partial charge in [-0.1, -0.05) is 6.07 Å². The van der Waals surface area contributed by atoms with Crippen LogP contribution in [-0.2, 0) is 0 Å². The van der Waals surface area contributed by atoms with Crippen LogP contribution in [0.5, 0.6) is 0 Å². The van der Waals surface area contributed by atoms with Crippen LogP contribution in [-0.4, -0.2) is 4.98 Å². The van der Waals surface area contributed by atoms with Crippen LogP contribution in [0.15, 0.2) is 42.6 Å². The number of fused-ring (bicyclic) bond motifs is 1. The molecule has 2 N–H and O–H groups in total. The number of nitrogens with two attached hydrogens (primary N) is 1. The fourth-order valence-corrected chi connectivity index (χ4v) is 2.78. The number of pyridine rings is 1. The fourth-order valence-electron chi connectivity index (χ4n) is 1.72. The summed E-state index contributed by atoms with van der Waals surface area (Å²) < 4.78 is 14.5. The van der Waals surface area contributed by atoms with Gasteiger partial charge in [0.05, 0.1) is 0 Å². The number of thiophene rings is 1. The Morgan fingerprint density at radius 1 is 1.18 bits per heavy atom. The Balaban J connectivity index is 2.18. The number of hydrogen-bond donors (Lipinski definition) is 1. The second-order valence-corrected chi connectivity index (χ2v) is 4.82. The SMILES string of the molecule is Nc1ccc(-c2cc3c(F)cccc3s2)cn1. The van der Waals surface area contributed by atoms with E-state index in [1.807, 2.05) is 18.2 Å². The molecule has 17 heavy (non-hydrogen) atoms. The molecule has 0 radical (unpaired) electrons. The predicted molar refractivity (Wildman–Crippen MR) is 69.4 cm³/mol. The monoisotopic (exact) mass is 244 g/mol. The summed E-state index contributed by atoms with van der Waals surface area (Å²) in [7, 11) is 0. The molecule has 84 valence electrons. The van der Waals surface area contributed by atoms with Crippen LogP contribution in [0.4, 0.5) is 10.2 Å². The van der Waals surface area contributed by atoms with Crippen molar-refractivity contribution in [3.05, 3.63) is 48.4 Å². The Hall–Kier alpha value is -1.94. The van der Waals surface area contributed by atoms with Crippen LogP contribution in [0.1, 0.15) is 0 Å². The topological polar surface area (TPSA) is 38.9 Å². The van der Waals surface area contributed by atoms with Crippen molar-refractivity contribution in [3.63, 3.8) is 0 Å². The van der Waals surface area contributed by atoms with Crippen molar-refractivity contribution < 1.29 is 4.39 Å². The highest BCUT2D eigenvalue weighted by molar-refractivity contribution is 7.22. The molecular weight excluding hydrogens is 235 g/mol. The molecule has 0 saturated carbocycles. The molecule has 0 fully saturated rings. The molecule has 3 rings (SSSR count). The van der Waals surface area contributed by atoms with E-state index in [4.69, 9.17) is 5.73 Å². The molecule has 0 unspecified atom stereocenters.